The molecule has 1 aliphatic carbocycles. The Hall–Kier alpha value is -2.37. The molecule has 24 heavy (non-hydrogen) atoms. The molecule has 1 aromatic rings. The molecule has 0 unspecified atom stereocenters. The van der Waals surface area contributed by atoms with Crippen LogP contribution in [0.15, 0.2) is 30.0 Å². The van der Waals surface area contributed by atoms with Gasteiger partial charge >= 0.3 is 0 Å². The summed E-state index contributed by atoms with van der Waals surface area (Å²) in [4.78, 5) is 28.0. The molecule has 0 bridgehead atoms. The molecule has 6 heteroatoms. The molecule has 6 nitrogen and oxygen atoms in total. The average molecular weight is 331 g/mol. The number of aromatic nitrogens is 1. The van der Waals surface area contributed by atoms with E-state index in [0.717, 1.165) is 0 Å². The highest BCUT2D eigenvalue weighted by atomic mass is 16.3. The van der Waals surface area contributed by atoms with Crippen molar-refractivity contribution in [2.75, 3.05) is 13.1 Å². The molecule has 2 amide bonds. The molecule has 1 saturated carbocycles. The van der Waals surface area contributed by atoms with Gasteiger partial charge < -0.3 is 15.7 Å². The smallest absolute Gasteiger partial charge is 0.273 e. The lowest BCUT2D eigenvalue weighted by Gasteiger charge is -2.08. The van der Waals surface area contributed by atoms with Crippen LogP contribution in [-0.2, 0) is 4.79 Å². The van der Waals surface area contributed by atoms with Gasteiger partial charge in [0.05, 0.1) is 5.92 Å². The van der Waals surface area contributed by atoms with Crippen molar-refractivity contribution in [2.45, 2.75) is 27.7 Å². The zero-order valence-corrected chi connectivity index (χ0v) is 14.6. The fourth-order valence-electron chi connectivity index (χ4n) is 2.98. The Labute approximate surface area is 142 Å². The summed E-state index contributed by atoms with van der Waals surface area (Å²) >= 11 is 0. The van der Waals surface area contributed by atoms with Gasteiger partial charge in [-0.05, 0) is 37.3 Å². The molecule has 1 heterocycles. The van der Waals surface area contributed by atoms with E-state index in [1.165, 1.54) is 17.8 Å². The van der Waals surface area contributed by atoms with E-state index in [0.29, 0.717) is 6.54 Å². The lowest BCUT2D eigenvalue weighted by molar-refractivity contribution is -0.123. The number of carbonyl (C=O) groups is 2. The van der Waals surface area contributed by atoms with Crippen LogP contribution in [0.3, 0.4) is 0 Å². The van der Waals surface area contributed by atoms with Crippen molar-refractivity contribution in [2.24, 2.45) is 17.3 Å². The van der Waals surface area contributed by atoms with Crippen LogP contribution in [0.5, 0.6) is 5.75 Å². The fraction of sp³-hybridized carbons (Fsp3) is 0.500. The lowest BCUT2D eigenvalue weighted by Crippen LogP contribution is -2.36. The van der Waals surface area contributed by atoms with E-state index in [1.807, 2.05) is 13.8 Å². The third-order valence-corrected chi connectivity index (χ3v) is 4.42. The fourth-order valence-corrected chi connectivity index (χ4v) is 2.98. The van der Waals surface area contributed by atoms with Gasteiger partial charge in [-0.15, -0.1) is 0 Å². The van der Waals surface area contributed by atoms with Gasteiger partial charge in [0.25, 0.3) is 5.91 Å². The maximum Gasteiger partial charge on any atom is 0.273 e. The normalized spacial score (nSPS) is 20.8. The second kappa shape index (κ2) is 7.03. The predicted molar refractivity (Wildman–Crippen MR) is 91.4 cm³/mol. The first-order valence-electron chi connectivity index (χ1n) is 8.10. The first kappa shape index (κ1) is 18.0. The summed E-state index contributed by atoms with van der Waals surface area (Å²) in [5, 5.41) is 15.1. The number of pyridine rings is 1. The first-order valence-corrected chi connectivity index (χ1v) is 8.10. The van der Waals surface area contributed by atoms with Gasteiger partial charge in [0.1, 0.15) is 5.75 Å². The van der Waals surface area contributed by atoms with E-state index in [4.69, 9.17) is 0 Å². The molecule has 130 valence electrons. The summed E-state index contributed by atoms with van der Waals surface area (Å²) in [6.45, 7) is 8.87. The van der Waals surface area contributed by atoms with Gasteiger partial charge in [-0.2, -0.15) is 0 Å². The molecule has 1 aliphatic rings. The summed E-state index contributed by atoms with van der Waals surface area (Å²) in [5.74, 6) is -0.372. The Morgan fingerprint density at radius 2 is 1.96 bits per heavy atom. The van der Waals surface area contributed by atoms with E-state index in [1.54, 1.807) is 6.07 Å². The Morgan fingerprint density at radius 1 is 1.29 bits per heavy atom. The van der Waals surface area contributed by atoms with Crippen molar-refractivity contribution in [3.63, 3.8) is 0 Å². The first-order chi connectivity index (χ1) is 11.2. The highest BCUT2D eigenvalue weighted by molar-refractivity contribution is 5.94. The molecule has 0 spiro atoms. The van der Waals surface area contributed by atoms with E-state index in [2.05, 4.69) is 35.5 Å². The van der Waals surface area contributed by atoms with Crippen LogP contribution in [0.4, 0.5) is 0 Å². The SMILES string of the molecule is CC(C)=C[C@@H]1[C@H](C(=O)NCCNC(=O)c2ncccc2O)C1(C)C. The molecular weight excluding hydrogens is 306 g/mol. The van der Waals surface area contributed by atoms with Crippen LogP contribution >= 0.6 is 0 Å². The number of amides is 2. The van der Waals surface area contributed by atoms with E-state index < -0.39 is 5.91 Å². The van der Waals surface area contributed by atoms with Gasteiger partial charge in [-0.3, -0.25) is 9.59 Å². The van der Waals surface area contributed by atoms with Crippen molar-refractivity contribution in [1.82, 2.24) is 15.6 Å². The molecule has 0 saturated heterocycles. The molecule has 0 aromatic carbocycles. The van der Waals surface area contributed by atoms with Crippen LogP contribution < -0.4 is 10.6 Å². The van der Waals surface area contributed by atoms with Gasteiger partial charge in [0.15, 0.2) is 5.69 Å². The van der Waals surface area contributed by atoms with Crippen molar-refractivity contribution < 1.29 is 14.7 Å². The van der Waals surface area contributed by atoms with Gasteiger partial charge in [-0.25, -0.2) is 4.98 Å². The number of nitrogens with zero attached hydrogens (tertiary/aromatic N) is 1. The molecule has 2 rings (SSSR count). The molecule has 3 N–H and O–H groups in total. The summed E-state index contributed by atoms with van der Waals surface area (Å²) in [6.07, 6.45) is 3.59. The maximum atomic E-state index is 12.3. The van der Waals surface area contributed by atoms with Gasteiger partial charge in [0.2, 0.25) is 5.91 Å². The van der Waals surface area contributed by atoms with Crippen molar-refractivity contribution in [3.8, 4) is 5.75 Å². The maximum absolute atomic E-state index is 12.3. The minimum absolute atomic E-state index is 0.0115. The average Bonchev–Trinajstić information content (AvgIpc) is 3.03. The van der Waals surface area contributed by atoms with Crippen molar-refractivity contribution in [3.05, 3.63) is 35.7 Å². The second-order valence-electron chi connectivity index (χ2n) is 6.99. The third-order valence-electron chi connectivity index (χ3n) is 4.42. The Bertz CT molecular complexity index is 663. The Kier molecular flexibility index (Phi) is 5.26. The lowest BCUT2D eigenvalue weighted by atomic mass is 10.1. The quantitative estimate of drug-likeness (QED) is 0.548. The van der Waals surface area contributed by atoms with Crippen LogP contribution in [0, 0.1) is 17.3 Å². The van der Waals surface area contributed by atoms with Crippen LogP contribution in [0.25, 0.3) is 0 Å². The van der Waals surface area contributed by atoms with Crippen LogP contribution in [0.2, 0.25) is 0 Å². The summed E-state index contributed by atoms with van der Waals surface area (Å²) < 4.78 is 0. The second-order valence-corrected chi connectivity index (χ2v) is 6.99. The molecule has 2 atom stereocenters. The van der Waals surface area contributed by atoms with Gasteiger partial charge in [-0.1, -0.05) is 25.5 Å². The predicted octanol–water partition coefficient (Wildman–Crippen LogP) is 1.87. The topological polar surface area (TPSA) is 91.3 Å². The number of aromatic hydroxyl groups is 1. The van der Waals surface area contributed by atoms with E-state index in [9.17, 15) is 14.7 Å². The monoisotopic (exact) mass is 331 g/mol. The Balaban J connectivity index is 1.77. The molecule has 0 radical (unpaired) electrons. The highest BCUT2D eigenvalue weighted by Gasteiger charge is 2.60. The minimum atomic E-state index is -0.462. The minimum Gasteiger partial charge on any atom is -0.505 e. The third kappa shape index (κ3) is 3.93. The highest BCUT2D eigenvalue weighted by Crippen LogP contribution is 2.59. The number of allylic oxidation sites excluding steroid dienone is 2. The van der Waals surface area contributed by atoms with E-state index >= 15 is 0 Å². The number of rotatable bonds is 6. The summed E-state index contributed by atoms with van der Waals surface area (Å²) in [5.41, 5.74) is 1.17. The van der Waals surface area contributed by atoms with Crippen molar-refractivity contribution in [1.29, 1.82) is 0 Å². The summed E-state index contributed by atoms with van der Waals surface area (Å²) in [7, 11) is 0. The molecule has 1 aromatic heterocycles. The molecular formula is C18H25N3O3. The zero-order valence-electron chi connectivity index (χ0n) is 14.6. The van der Waals surface area contributed by atoms with E-state index in [-0.39, 0.29) is 41.1 Å². The van der Waals surface area contributed by atoms with Crippen LogP contribution in [-0.4, -0.2) is 35.0 Å². The number of hydrogen-bond acceptors (Lipinski definition) is 4. The largest absolute Gasteiger partial charge is 0.505 e. The van der Waals surface area contributed by atoms with Gasteiger partial charge in [0, 0.05) is 19.3 Å². The number of nitrogens with one attached hydrogen (secondary N) is 2. The standard InChI is InChI=1S/C18H25N3O3/c1-11(2)10-12-14(18(12,3)4)16(23)20-8-9-21-17(24)15-13(22)6-5-7-19-15/h5-7,10,12,14,22H,8-9H2,1-4H3,(H,20,23)(H,21,24)/t12-,14-/m1/s1. The zero-order chi connectivity index (χ0) is 17.9. The summed E-state index contributed by atoms with van der Waals surface area (Å²) in [6, 6.07) is 2.95. The van der Waals surface area contributed by atoms with Crippen molar-refractivity contribution >= 4 is 11.8 Å². The number of carbonyl (C=O) groups excluding carboxylic acids is 2. The number of hydrogen-bond donors (Lipinski definition) is 3. The molecule has 1 fully saturated rings. The molecule has 0 aliphatic heterocycles. The van der Waals surface area contributed by atoms with Crippen LogP contribution in [0.1, 0.15) is 38.2 Å². The Morgan fingerprint density at radius 3 is 2.58 bits per heavy atom.